The molecule has 0 saturated heterocycles. The number of nitrogens with zero attached hydrogens (tertiary/aromatic N) is 1. The van der Waals surface area contributed by atoms with E-state index in [4.69, 9.17) is 10.00 Å². The molecular weight excluding hydrogens is 248 g/mol. The number of nitrogens with one attached hydrogen (secondary N) is 1. The van der Waals surface area contributed by atoms with Crippen molar-refractivity contribution in [2.45, 2.75) is 19.5 Å². The molecule has 0 aliphatic carbocycles. The van der Waals surface area contributed by atoms with Crippen LogP contribution in [0.5, 0.6) is 5.75 Å². The van der Waals surface area contributed by atoms with Gasteiger partial charge in [-0.2, -0.15) is 5.26 Å². The molecule has 0 saturated carbocycles. The topological polar surface area (TPSA) is 45.0 Å². The third-order valence-electron chi connectivity index (χ3n) is 3.31. The Morgan fingerprint density at radius 2 is 1.75 bits per heavy atom. The molecule has 1 N–H and O–H groups in total. The Morgan fingerprint density at radius 3 is 2.30 bits per heavy atom. The molecule has 0 bridgehead atoms. The van der Waals surface area contributed by atoms with E-state index < -0.39 is 0 Å². The number of nitriles is 1. The highest BCUT2D eigenvalue weighted by Gasteiger charge is 2.05. The molecule has 0 aromatic heterocycles. The molecule has 0 aliphatic heterocycles. The second-order valence-electron chi connectivity index (χ2n) is 4.68. The van der Waals surface area contributed by atoms with Crippen molar-refractivity contribution in [2.24, 2.45) is 0 Å². The van der Waals surface area contributed by atoms with Gasteiger partial charge in [-0.3, -0.25) is 0 Å². The average Bonchev–Trinajstić information content (AvgIpc) is 2.53. The number of benzene rings is 2. The Morgan fingerprint density at radius 1 is 1.10 bits per heavy atom. The first kappa shape index (κ1) is 14.1. The molecule has 0 spiro atoms. The normalized spacial score (nSPS) is 11.7. The zero-order valence-electron chi connectivity index (χ0n) is 11.8. The molecule has 1 atom stereocenters. The van der Waals surface area contributed by atoms with Crippen molar-refractivity contribution in [2.75, 3.05) is 7.11 Å². The monoisotopic (exact) mass is 266 g/mol. The van der Waals surface area contributed by atoms with E-state index in [-0.39, 0.29) is 6.04 Å². The van der Waals surface area contributed by atoms with Gasteiger partial charge in [0.05, 0.1) is 18.7 Å². The van der Waals surface area contributed by atoms with Gasteiger partial charge < -0.3 is 10.1 Å². The van der Waals surface area contributed by atoms with Crippen molar-refractivity contribution in [3.63, 3.8) is 0 Å². The highest BCUT2D eigenvalue weighted by molar-refractivity contribution is 5.33. The van der Waals surface area contributed by atoms with Crippen LogP contribution >= 0.6 is 0 Å². The highest BCUT2D eigenvalue weighted by Crippen LogP contribution is 2.15. The molecule has 0 heterocycles. The average molecular weight is 266 g/mol. The quantitative estimate of drug-likeness (QED) is 0.902. The van der Waals surface area contributed by atoms with Gasteiger partial charge >= 0.3 is 0 Å². The molecule has 20 heavy (non-hydrogen) atoms. The molecule has 0 amide bonds. The Kier molecular flexibility index (Phi) is 4.75. The van der Waals surface area contributed by atoms with Gasteiger partial charge in [-0.25, -0.2) is 0 Å². The summed E-state index contributed by atoms with van der Waals surface area (Å²) >= 11 is 0. The lowest BCUT2D eigenvalue weighted by molar-refractivity contribution is 0.414. The van der Waals surface area contributed by atoms with E-state index in [1.807, 2.05) is 36.4 Å². The number of ether oxygens (including phenoxy) is 1. The molecule has 0 fully saturated rings. The van der Waals surface area contributed by atoms with E-state index in [0.717, 1.165) is 12.3 Å². The fourth-order valence-corrected chi connectivity index (χ4v) is 1.98. The van der Waals surface area contributed by atoms with Crippen LogP contribution in [-0.2, 0) is 6.54 Å². The van der Waals surface area contributed by atoms with E-state index in [1.165, 1.54) is 11.1 Å². The molecule has 102 valence electrons. The summed E-state index contributed by atoms with van der Waals surface area (Å²) in [5.74, 6) is 0.869. The maximum absolute atomic E-state index is 8.79. The lowest BCUT2D eigenvalue weighted by Gasteiger charge is -2.14. The van der Waals surface area contributed by atoms with Crippen molar-refractivity contribution in [1.82, 2.24) is 5.32 Å². The SMILES string of the molecule is COc1ccc(CNC(C)c2ccc(C#N)cc2)cc1. The summed E-state index contributed by atoms with van der Waals surface area (Å²) in [4.78, 5) is 0. The van der Waals surface area contributed by atoms with Crippen molar-refractivity contribution in [3.05, 3.63) is 65.2 Å². The summed E-state index contributed by atoms with van der Waals surface area (Å²) in [5, 5.41) is 12.3. The minimum atomic E-state index is 0.241. The molecule has 2 rings (SSSR count). The molecule has 0 radical (unpaired) electrons. The smallest absolute Gasteiger partial charge is 0.118 e. The summed E-state index contributed by atoms with van der Waals surface area (Å²) in [6, 6.07) is 18.1. The first-order valence-electron chi connectivity index (χ1n) is 6.59. The van der Waals surface area contributed by atoms with Gasteiger partial charge in [0, 0.05) is 12.6 Å². The van der Waals surface area contributed by atoms with E-state index in [1.54, 1.807) is 7.11 Å². The van der Waals surface area contributed by atoms with Gasteiger partial charge in [0.15, 0.2) is 0 Å². The second kappa shape index (κ2) is 6.74. The fourth-order valence-electron chi connectivity index (χ4n) is 1.98. The molecule has 3 nitrogen and oxygen atoms in total. The zero-order valence-corrected chi connectivity index (χ0v) is 11.8. The van der Waals surface area contributed by atoms with Crippen LogP contribution in [-0.4, -0.2) is 7.11 Å². The first-order chi connectivity index (χ1) is 9.72. The van der Waals surface area contributed by atoms with Crippen molar-refractivity contribution in [1.29, 1.82) is 5.26 Å². The van der Waals surface area contributed by atoms with Crippen LogP contribution in [0.2, 0.25) is 0 Å². The van der Waals surface area contributed by atoms with Crippen LogP contribution in [0.3, 0.4) is 0 Å². The zero-order chi connectivity index (χ0) is 14.4. The van der Waals surface area contributed by atoms with Gasteiger partial charge in [0.1, 0.15) is 5.75 Å². The van der Waals surface area contributed by atoms with E-state index in [2.05, 4.69) is 30.4 Å². The number of hydrogen-bond acceptors (Lipinski definition) is 3. The fraction of sp³-hybridized carbons (Fsp3) is 0.235. The van der Waals surface area contributed by atoms with Gasteiger partial charge in [-0.05, 0) is 42.3 Å². The minimum absolute atomic E-state index is 0.241. The summed E-state index contributed by atoms with van der Waals surface area (Å²) in [7, 11) is 1.67. The molecule has 2 aromatic rings. The van der Waals surface area contributed by atoms with E-state index >= 15 is 0 Å². The van der Waals surface area contributed by atoms with Gasteiger partial charge in [-0.15, -0.1) is 0 Å². The lowest BCUT2D eigenvalue weighted by Crippen LogP contribution is -2.17. The van der Waals surface area contributed by atoms with Gasteiger partial charge in [0.2, 0.25) is 0 Å². The van der Waals surface area contributed by atoms with Gasteiger partial charge in [-0.1, -0.05) is 24.3 Å². The molecule has 1 unspecified atom stereocenters. The van der Waals surface area contributed by atoms with Crippen LogP contribution in [0.4, 0.5) is 0 Å². The Balaban J connectivity index is 1.93. The largest absolute Gasteiger partial charge is 0.497 e. The standard InChI is InChI=1S/C17H18N2O/c1-13(16-7-3-14(11-18)4-8-16)19-12-15-5-9-17(20-2)10-6-15/h3-10,13,19H,12H2,1-2H3. The lowest BCUT2D eigenvalue weighted by atomic mass is 10.1. The summed E-state index contributed by atoms with van der Waals surface area (Å²) in [6.45, 7) is 2.91. The summed E-state index contributed by atoms with van der Waals surface area (Å²) < 4.78 is 5.14. The Labute approximate surface area is 119 Å². The predicted molar refractivity (Wildman–Crippen MR) is 79.4 cm³/mol. The first-order valence-corrected chi connectivity index (χ1v) is 6.59. The number of rotatable bonds is 5. The maximum atomic E-state index is 8.79. The highest BCUT2D eigenvalue weighted by atomic mass is 16.5. The third-order valence-corrected chi connectivity index (χ3v) is 3.31. The predicted octanol–water partition coefficient (Wildman–Crippen LogP) is 3.42. The number of hydrogen-bond donors (Lipinski definition) is 1. The minimum Gasteiger partial charge on any atom is -0.497 e. The van der Waals surface area contributed by atoms with Crippen molar-refractivity contribution in [3.8, 4) is 11.8 Å². The number of methoxy groups -OCH3 is 1. The van der Waals surface area contributed by atoms with E-state index in [9.17, 15) is 0 Å². The summed E-state index contributed by atoms with van der Waals surface area (Å²) in [5.41, 5.74) is 3.08. The molecule has 2 aromatic carbocycles. The van der Waals surface area contributed by atoms with Crippen molar-refractivity contribution >= 4 is 0 Å². The van der Waals surface area contributed by atoms with Crippen LogP contribution in [0.25, 0.3) is 0 Å². The van der Waals surface area contributed by atoms with Crippen LogP contribution in [0.15, 0.2) is 48.5 Å². The molecular formula is C17H18N2O. The summed E-state index contributed by atoms with van der Waals surface area (Å²) in [6.07, 6.45) is 0. The van der Waals surface area contributed by atoms with Crippen LogP contribution < -0.4 is 10.1 Å². The Hall–Kier alpha value is -2.31. The van der Waals surface area contributed by atoms with Gasteiger partial charge in [0.25, 0.3) is 0 Å². The Bertz CT molecular complexity index is 582. The second-order valence-corrected chi connectivity index (χ2v) is 4.68. The van der Waals surface area contributed by atoms with E-state index in [0.29, 0.717) is 5.56 Å². The van der Waals surface area contributed by atoms with Crippen LogP contribution in [0.1, 0.15) is 29.7 Å². The van der Waals surface area contributed by atoms with Crippen molar-refractivity contribution < 1.29 is 4.74 Å². The molecule has 3 heteroatoms. The third kappa shape index (κ3) is 3.59. The molecule has 0 aliphatic rings. The van der Waals surface area contributed by atoms with Crippen LogP contribution in [0, 0.1) is 11.3 Å². The maximum Gasteiger partial charge on any atom is 0.118 e.